The Morgan fingerprint density at radius 1 is 1.25 bits per heavy atom. The van der Waals surface area contributed by atoms with E-state index in [1.807, 2.05) is 13.0 Å². The van der Waals surface area contributed by atoms with Crippen molar-refractivity contribution in [1.82, 2.24) is 20.2 Å². The highest BCUT2D eigenvalue weighted by Gasteiger charge is 2.35. The Balaban J connectivity index is 1.37. The van der Waals surface area contributed by atoms with Gasteiger partial charge in [0.15, 0.2) is 0 Å². The number of halogens is 4. The molecule has 4 rings (SSSR count). The van der Waals surface area contributed by atoms with Crippen LogP contribution in [0.2, 0.25) is 10.0 Å². The fourth-order valence-corrected chi connectivity index (χ4v) is 4.36. The van der Waals surface area contributed by atoms with Gasteiger partial charge in [-0.2, -0.15) is 0 Å². The zero-order chi connectivity index (χ0) is 22.9. The van der Waals surface area contributed by atoms with Crippen molar-refractivity contribution in [3.8, 4) is 0 Å². The minimum Gasteiger partial charge on any atom is -0.351 e. The van der Waals surface area contributed by atoms with Crippen LogP contribution < -0.4 is 10.6 Å². The van der Waals surface area contributed by atoms with Crippen molar-refractivity contribution in [2.45, 2.75) is 63.6 Å². The fourth-order valence-electron chi connectivity index (χ4n) is 4.05. The molecule has 1 aromatic carbocycles. The zero-order valence-corrected chi connectivity index (χ0v) is 19.2. The SMILES string of the molecule is C[C@@H](NC(=O)N1CCc2cnc(NC3CCC(F)(F)CC3)nc2C1)c1ccc(Cl)c(Cl)c1. The van der Waals surface area contributed by atoms with Crippen molar-refractivity contribution >= 4 is 35.2 Å². The van der Waals surface area contributed by atoms with Gasteiger partial charge < -0.3 is 15.5 Å². The molecule has 2 N–H and O–H groups in total. The van der Waals surface area contributed by atoms with Gasteiger partial charge in [0.05, 0.1) is 28.3 Å². The lowest BCUT2D eigenvalue weighted by Gasteiger charge is -2.31. The Morgan fingerprint density at radius 2 is 2.00 bits per heavy atom. The maximum atomic E-state index is 13.4. The van der Waals surface area contributed by atoms with Gasteiger partial charge in [-0.15, -0.1) is 0 Å². The fraction of sp³-hybridized carbons (Fsp3) is 0.500. The summed E-state index contributed by atoms with van der Waals surface area (Å²) in [4.78, 5) is 23.4. The van der Waals surface area contributed by atoms with Crippen molar-refractivity contribution in [1.29, 1.82) is 0 Å². The van der Waals surface area contributed by atoms with E-state index in [1.165, 1.54) is 0 Å². The second-order valence-corrected chi connectivity index (χ2v) is 9.27. The third-order valence-electron chi connectivity index (χ3n) is 6.07. The predicted octanol–water partition coefficient (Wildman–Crippen LogP) is 5.60. The summed E-state index contributed by atoms with van der Waals surface area (Å²) in [5, 5.41) is 7.07. The van der Waals surface area contributed by atoms with E-state index in [-0.39, 0.29) is 31.0 Å². The molecule has 1 aliphatic heterocycles. The predicted molar refractivity (Wildman–Crippen MR) is 120 cm³/mol. The smallest absolute Gasteiger partial charge is 0.318 e. The molecule has 0 spiro atoms. The molecule has 0 unspecified atom stereocenters. The van der Waals surface area contributed by atoms with E-state index in [0.717, 1.165) is 16.8 Å². The number of rotatable bonds is 4. The van der Waals surface area contributed by atoms with Crippen molar-refractivity contribution in [3.63, 3.8) is 0 Å². The lowest BCUT2D eigenvalue weighted by atomic mass is 9.92. The maximum Gasteiger partial charge on any atom is 0.318 e. The molecule has 2 aliphatic rings. The highest BCUT2D eigenvalue weighted by Crippen LogP contribution is 2.34. The lowest BCUT2D eigenvalue weighted by Crippen LogP contribution is -2.44. The van der Waals surface area contributed by atoms with Crippen molar-refractivity contribution < 1.29 is 13.6 Å². The Bertz CT molecular complexity index is 996. The lowest BCUT2D eigenvalue weighted by molar-refractivity contribution is -0.0361. The molecule has 1 fully saturated rings. The first-order chi connectivity index (χ1) is 15.2. The summed E-state index contributed by atoms with van der Waals surface area (Å²) in [5.74, 6) is -2.15. The number of benzene rings is 1. The van der Waals surface area contributed by atoms with E-state index < -0.39 is 5.92 Å². The zero-order valence-electron chi connectivity index (χ0n) is 17.7. The molecule has 0 bridgehead atoms. The van der Waals surface area contributed by atoms with Gasteiger partial charge >= 0.3 is 6.03 Å². The molecule has 172 valence electrons. The molecule has 32 heavy (non-hydrogen) atoms. The van der Waals surface area contributed by atoms with E-state index in [4.69, 9.17) is 23.2 Å². The van der Waals surface area contributed by atoms with Crippen LogP contribution in [0, 0.1) is 0 Å². The first-order valence-corrected chi connectivity index (χ1v) is 11.5. The van der Waals surface area contributed by atoms with Crippen molar-refractivity contribution in [3.05, 3.63) is 51.3 Å². The van der Waals surface area contributed by atoms with Crippen LogP contribution >= 0.6 is 23.2 Å². The average molecular weight is 484 g/mol. The molecule has 2 heterocycles. The Labute approximate surface area is 195 Å². The number of hydrogen-bond acceptors (Lipinski definition) is 4. The molecule has 6 nitrogen and oxygen atoms in total. The summed E-state index contributed by atoms with van der Waals surface area (Å²) in [6, 6.07) is 4.77. The van der Waals surface area contributed by atoms with Gasteiger partial charge in [0.2, 0.25) is 11.9 Å². The van der Waals surface area contributed by atoms with Crippen LogP contribution in [0.25, 0.3) is 0 Å². The van der Waals surface area contributed by atoms with Gasteiger partial charge in [-0.25, -0.2) is 23.5 Å². The summed E-state index contributed by atoms with van der Waals surface area (Å²) >= 11 is 12.1. The minimum absolute atomic E-state index is 0.0669. The second kappa shape index (κ2) is 9.35. The van der Waals surface area contributed by atoms with Gasteiger partial charge in [0.1, 0.15) is 0 Å². The number of fused-ring (bicyclic) bond motifs is 1. The van der Waals surface area contributed by atoms with Crippen molar-refractivity contribution in [2.75, 3.05) is 11.9 Å². The summed E-state index contributed by atoms with van der Waals surface area (Å²) in [6.45, 7) is 2.79. The van der Waals surface area contributed by atoms with E-state index in [0.29, 0.717) is 48.3 Å². The first-order valence-electron chi connectivity index (χ1n) is 10.7. The van der Waals surface area contributed by atoms with Crippen LogP contribution in [0.1, 0.15) is 55.5 Å². The van der Waals surface area contributed by atoms with Gasteiger partial charge in [-0.05, 0) is 49.4 Å². The Morgan fingerprint density at radius 3 is 2.72 bits per heavy atom. The molecule has 10 heteroatoms. The van der Waals surface area contributed by atoms with Crippen LogP contribution in [-0.2, 0) is 13.0 Å². The van der Waals surface area contributed by atoms with Crippen LogP contribution in [0.4, 0.5) is 19.5 Å². The normalized spacial score (nSPS) is 19.2. The highest BCUT2D eigenvalue weighted by atomic mass is 35.5. The van der Waals surface area contributed by atoms with Crippen LogP contribution in [0.5, 0.6) is 0 Å². The number of alkyl halides is 2. The topological polar surface area (TPSA) is 70.2 Å². The van der Waals surface area contributed by atoms with E-state index in [2.05, 4.69) is 20.6 Å². The number of nitrogens with one attached hydrogen (secondary N) is 2. The van der Waals surface area contributed by atoms with Crippen molar-refractivity contribution in [2.24, 2.45) is 0 Å². The number of hydrogen-bond donors (Lipinski definition) is 2. The Hall–Kier alpha value is -2.19. The van der Waals surface area contributed by atoms with Crippen LogP contribution in [0.3, 0.4) is 0 Å². The monoisotopic (exact) mass is 483 g/mol. The van der Waals surface area contributed by atoms with Crippen LogP contribution in [-0.4, -0.2) is 39.4 Å². The van der Waals surface area contributed by atoms with E-state index >= 15 is 0 Å². The molecule has 0 saturated heterocycles. The van der Waals surface area contributed by atoms with Gasteiger partial charge in [-0.3, -0.25) is 0 Å². The number of anilines is 1. The van der Waals surface area contributed by atoms with Gasteiger partial charge in [0, 0.05) is 31.6 Å². The number of aromatic nitrogens is 2. The first kappa shape index (κ1) is 23.0. The molecule has 2 amide bonds. The summed E-state index contributed by atoms with van der Waals surface area (Å²) in [7, 11) is 0. The number of carbonyl (C=O) groups excluding carboxylic acids is 1. The van der Waals surface area contributed by atoms with Crippen LogP contribution in [0.15, 0.2) is 24.4 Å². The quantitative estimate of drug-likeness (QED) is 0.593. The molecule has 1 atom stereocenters. The largest absolute Gasteiger partial charge is 0.351 e. The number of carbonyl (C=O) groups is 1. The minimum atomic E-state index is -2.57. The maximum absolute atomic E-state index is 13.4. The Kier molecular flexibility index (Phi) is 6.72. The summed E-state index contributed by atoms with van der Waals surface area (Å²) in [6.07, 6.45) is 2.93. The molecule has 1 aromatic heterocycles. The molecule has 0 radical (unpaired) electrons. The number of amides is 2. The van der Waals surface area contributed by atoms with E-state index in [9.17, 15) is 13.6 Å². The average Bonchev–Trinajstić information content (AvgIpc) is 2.76. The molecular formula is C22H25Cl2F2N5O. The third-order valence-corrected chi connectivity index (χ3v) is 6.81. The number of urea groups is 1. The molecule has 1 aliphatic carbocycles. The highest BCUT2D eigenvalue weighted by molar-refractivity contribution is 6.42. The van der Waals surface area contributed by atoms with E-state index in [1.54, 1.807) is 23.2 Å². The standard InChI is InChI=1S/C22H25Cl2F2N5O/c1-13(14-2-3-17(23)18(24)10-14)28-21(32)31-9-6-15-11-27-20(30-19(15)12-31)29-16-4-7-22(25,26)8-5-16/h2-3,10-11,13,16H,4-9,12H2,1H3,(H,28,32)(H,27,29,30)/t13-/m1/s1. The third kappa shape index (κ3) is 5.41. The molecule has 2 aromatic rings. The summed E-state index contributed by atoms with van der Waals surface area (Å²) in [5.41, 5.74) is 2.62. The van der Waals surface area contributed by atoms with Gasteiger partial charge in [-0.1, -0.05) is 29.3 Å². The number of nitrogens with zero attached hydrogens (tertiary/aromatic N) is 3. The molecule has 1 saturated carbocycles. The summed E-state index contributed by atoms with van der Waals surface area (Å²) < 4.78 is 26.8. The second-order valence-electron chi connectivity index (χ2n) is 8.46. The molecular weight excluding hydrogens is 459 g/mol. The van der Waals surface area contributed by atoms with Gasteiger partial charge in [0.25, 0.3) is 0 Å².